The van der Waals surface area contributed by atoms with Crippen molar-refractivity contribution < 1.29 is 4.74 Å². The number of nitrogens with zero attached hydrogens (tertiary/aromatic N) is 5. The minimum Gasteiger partial charge on any atom is -0.492 e. The van der Waals surface area contributed by atoms with Crippen LogP contribution in [0.3, 0.4) is 0 Å². The molecule has 20 heavy (non-hydrogen) atoms. The van der Waals surface area contributed by atoms with Crippen molar-refractivity contribution in [3.8, 4) is 5.75 Å². The molecule has 0 radical (unpaired) electrons. The number of tetrazole rings is 1. The lowest BCUT2D eigenvalue weighted by Gasteiger charge is -2.16. The Labute approximate surface area is 118 Å². The van der Waals surface area contributed by atoms with Crippen LogP contribution in [0.4, 0.5) is 0 Å². The molecule has 1 aliphatic carbocycles. The highest BCUT2D eigenvalue weighted by Crippen LogP contribution is 2.34. The molecule has 0 atom stereocenters. The molecule has 106 valence electrons. The topological polar surface area (TPSA) is 56.1 Å². The first-order chi connectivity index (χ1) is 9.83. The molecule has 0 N–H and O–H groups in total. The summed E-state index contributed by atoms with van der Waals surface area (Å²) >= 11 is 0. The van der Waals surface area contributed by atoms with Gasteiger partial charge in [0.25, 0.3) is 0 Å². The normalized spacial score (nSPS) is 14.7. The van der Waals surface area contributed by atoms with Gasteiger partial charge in [-0.2, -0.15) is 0 Å². The Balaban J connectivity index is 1.45. The Morgan fingerprint density at radius 3 is 2.85 bits per heavy atom. The maximum Gasteiger partial charge on any atom is 0.165 e. The lowest BCUT2D eigenvalue weighted by atomic mass is 10.3. The van der Waals surface area contributed by atoms with Gasteiger partial charge >= 0.3 is 0 Å². The molecule has 1 fully saturated rings. The largest absolute Gasteiger partial charge is 0.492 e. The lowest BCUT2D eigenvalue weighted by molar-refractivity contribution is 0.227. The van der Waals surface area contributed by atoms with Crippen LogP contribution in [0.5, 0.6) is 5.75 Å². The molecule has 0 unspecified atom stereocenters. The molecular weight excluding hydrogens is 254 g/mol. The van der Waals surface area contributed by atoms with Crippen molar-refractivity contribution >= 4 is 0 Å². The highest BCUT2D eigenvalue weighted by molar-refractivity contribution is 5.20. The minimum absolute atomic E-state index is 0.522. The maximum absolute atomic E-state index is 5.69. The molecule has 3 rings (SSSR count). The first-order valence-electron chi connectivity index (χ1n) is 6.96. The summed E-state index contributed by atoms with van der Waals surface area (Å²) in [6, 6.07) is 10.4. The Hall–Kier alpha value is -1.95. The zero-order chi connectivity index (χ0) is 13.8. The number of hydrogen-bond donors (Lipinski definition) is 0. The highest BCUT2D eigenvalue weighted by Gasteiger charge is 2.27. The second-order valence-electron chi connectivity index (χ2n) is 5.17. The van der Waals surface area contributed by atoms with E-state index in [9.17, 15) is 0 Å². The van der Waals surface area contributed by atoms with Crippen molar-refractivity contribution in [2.45, 2.75) is 25.4 Å². The van der Waals surface area contributed by atoms with Gasteiger partial charge in [0.05, 0.1) is 12.6 Å². The molecule has 0 bridgehead atoms. The Bertz CT molecular complexity index is 538. The maximum atomic E-state index is 5.69. The molecular formula is C14H19N5O. The number of hydrogen-bond acceptors (Lipinski definition) is 5. The van der Waals surface area contributed by atoms with E-state index in [1.807, 2.05) is 35.0 Å². The minimum atomic E-state index is 0.522. The van der Waals surface area contributed by atoms with Gasteiger partial charge in [0.1, 0.15) is 12.4 Å². The van der Waals surface area contributed by atoms with E-state index in [4.69, 9.17) is 4.74 Å². The third-order valence-electron chi connectivity index (χ3n) is 3.35. The number of likely N-dealkylation sites (N-methyl/N-ethyl adjacent to an activating group) is 1. The summed E-state index contributed by atoms with van der Waals surface area (Å²) in [6.45, 7) is 2.25. The van der Waals surface area contributed by atoms with E-state index in [1.54, 1.807) is 0 Å². The summed E-state index contributed by atoms with van der Waals surface area (Å²) in [7, 11) is 2.06. The van der Waals surface area contributed by atoms with Gasteiger partial charge in [0.15, 0.2) is 5.82 Å². The van der Waals surface area contributed by atoms with Crippen LogP contribution in [0, 0.1) is 0 Å². The summed E-state index contributed by atoms with van der Waals surface area (Å²) < 4.78 is 7.64. The van der Waals surface area contributed by atoms with Crippen molar-refractivity contribution in [2.75, 3.05) is 20.2 Å². The SMILES string of the molecule is CN(CCOc1ccccc1)Cc1nnnn1C1CC1. The molecule has 0 spiro atoms. The fourth-order valence-electron chi connectivity index (χ4n) is 2.08. The molecule has 0 aliphatic heterocycles. The van der Waals surface area contributed by atoms with Gasteiger partial charge in [-0.3, -0.25) is 4.90 Å². The van der Waals surface area contributed by atoms with Crippen LogP contribution in [0.1, 0.15) is 24.7 Å². The van der Waals surface area contributed by atoms with Gasteiger partial charge in [-0.25, -0.2) is 4.68 Å². The monoisotopic (exact) mass is 273 g/mol. The molecule has 1 saturated carbocycles. The predicted octanol–water partition coefficient (Wildman–Crippen LogP) is 1.52. The van der Waals surface area contributed by atoms with Crippen LogP contribution in [0.15, 0.2) is 30.3 Å². The standard InChI is InChI=1S/C14H19N5O/c1-18(9-10-20-13-5-3-2-4-6-13)11-14-15-16-17-19(14)12-7-8-12/h2-6,12H,7-11H2,1H3. The van der Waals surface area contributed by atoms with Gasteiger partial charge < -0.3 is 4.74 Å². The Morgan fingerprint density at radius 1 is 1.30 bits per heavy atom. The molecule has 2 aromatic rings. The second-order valence-corrected chi connectivity index (χ2v) is 5.17. The smallest absolute Gasteiger partial charge is 0.165 e. The molecule has 1 aliphatic rings. The third kappa shape index (κ3) is 3.33. The van der Waals surface area contributed by atoms with Gasteiger partial charge in [0, 0.05) is 6.54 Å². The van der Waals surface area contributed by atoms with Crippen molar-refractivity contribution in [1.29, 1.82) is 0 Å². The second kappa shape index (κ2) is 6.00. The van der Waals surface area contributed by atoms with Crippen LogP contribution in [-0.2, 0) is 6.54 Å². The fraction of sp³-hybridized carbons (Fsp3) is 0.500. The van der Waals surface area contributed by atoms with Gasteiger partial charge in [0.2, 0.25) is 0 Å². The van der Waals surface area contributed by atoms with Crippen molar-refractivity contribution in [3.05, 3.63) is 36.2 Å². The van der Waals surface area contributed by atoms with E-state index in [-0.39, 0.29) is 0 Å². The third-order valence-corrected chi connectivity index (χ3v) is 3.35. The van der Waals surface area contributed by atoms with E-state index in [0.29, 0.717) is 12.6 Å². The molecule has 6 heteroatoms. The van der Waals surface area contributed by atoms with Crippen molar-refractivity contribution in [3.63, 3.8) is 0 Å². The van der Waals surface area contributed by atoms with Crippen molar-refractivity contribution in [1.82, 2.24) is 25.1 Å². The van der Waals surface area contributed by atoms with Crippen LogP contribution < -0.4 is 4.74 Å². The quantitative estimate of drug-likeness (QED) is 0.765. The predicted molar refractivity (Wildman–Crippen MR) is 74.4 cm³/mol. The average Bonchev–Trinajstić information content (AvgIpc) is 3.21. The first-order valence-corrected chi connectivity index (χ1v) is 6.96. The Morgan fingerprint density at radius 2 is 2.10 bits per heavy atom. The summed E-state index contributed by atoms with van der Waals surface area (Å²) in [5.74, 6) is 1.85. The van der Waals surface area contributed by atoms with Crippen LogP contribution in [0.25, 0.3) is 0 Å². The van der Waals surface area contributed by atoms with E-state index in [1.165, 1.54) is 12.8 Å². The number of aromatic nitrogens is 4. The van der Waals surface area contributed by atoms with Gasteiger partial charge in [-0.15, -0.1) is 5.10 Å². The van der Waals surface area contributed by atoms with Gasteiger partial charge in [-0.05, 0) is 42.4 Å². The molecule has 1 heterocycles. The average molecular weight is 273 g/mol. The van der Waals surface area contributed by atoms with Gasteiger partial charge in [-0.1, -0.05) is 18.2 Å². The number of ether oxygens (including phenoxy) is 1. The molecule has 0 saturated heterocycles. The fourth-order valence-corrected chi connectivity index (χ4v) is 2.08. The lowest BCUT2D eigenvalue weighted by Crippen LogP contribution is -2.25. The van der Waals surface area contributed by atoms with E-state index < -0.39 is 0 Å². The van der Waals surface area contributed by atoms with Crippen LogP contribution in [0.2, 0.25) is 0 Å². The van der Waals surface area contributed by atoms with Crippen LogP contribution in [-0.4, -0.2) is 45.3 Å². The van der Waals surface area contributed by atoms with Crippen molar-refractivity contribution in [2.24, 2.45) is 0 Å². The molecule has 6 nitrogen and oxygen atoms in total. The summed E-state index contributed by atoms with van der Waals surface area (Å²) in [6.07, 6.45) is 2.39. The molecule has 1 aromatic heterocycles. The number of rotatable bonds is 7. The zero-order valence-corrected chi connectivity index (χ0v) is 11.6. The number of para-hydroxylation sites is 1. The van der Waals surface area contributed by atoms with E-state index >= 15 is 0 Å². The van der Waals surface area contributed by atoms with E-state index in [2.05, 4.69) is 27.5 Å². The highest BCUT2D eigenvalue weighted by atomic mass is 16.5. The summed E-state index contributed by atoms with van der Waals surface area (Å²) in [4.78, 5) is 2.17. The number of benzene rings is 1. The molecule has 1 aromatic carbocycles. The summed E-state index contributed by atoms with van der Waals surface area (Å²) in [5.41, 5.74) is 0. The first kappa shape index (κ1) is 13.1. The van der Waals surface area contributed by atoms with E-state index in [0.717, 1.165) is 24.7 Å². The zero-order valence-electron chi connectivity index (χ0n) is 11.6. The summed E-state index contributed by atoms with van der Waals surface area (Å²) in [5, 5.41) is 11.9. The Kier molecular flexibility index (Phi) is 3.92. The molecule has 0 amide bonds. The van der Waals surface area contributed by atoms with Crippen LogP contribution >= 0.6 is 0 Å².